The van der Waals surface area contributed by atoms with E-state index in [1.807, 2.05) is 0 Å². The number of hydrogen-bond donors (Lipinski definition) is 4. The molecular formula is C9H12N3Na2O8P-2. The number of H-pyrrole nitrogens is 1. The molecule has 23 heavy (non-hydrogen) atoms. The van der Waals surface area contributed by atoms with Crippen molar-refractivity contribution in [1.29, 1.82) is 0 Å². The number of aliphatic hydroxyl groups is 2. The molecule has 0 bridgehead atoms. The Morgan fingerprint density at radius 2 is 2.09 bits per heavy atom. The molecule has 0 unspecified atom stereocenters. The van der Waals surface area contributed by atoms with Crippen LogP contribution >= 0.6 is 7.82 Å². The maximum atomic E-state index is 11.2. The van der Waals surface area contributed by atoms with E-state index in [4.69, 9.17) is 15.6 Å². The zero-order valence-electron chi connectivity index (χ0n) is 12.4. The number of hydrogen-bond acceptors (Lipinski definition) is 10. The van der Waals surface area contributed by atoms with Gasteiger partial charge in [-0.25, -0.2) is 4.79 Å². The fourth-order valence-electron chi connectivity index (χ4n) is 2.07. The maximum Gasteiger partial charge on any atom is 0.347 e. The first-order chi connectivity index (χ1) is 9.71. The third kappa shape index (κ3) is 6.15. The van der Waals surface area contributed by atoms with Crippen LogP contribution in [0.5, 0.6) is 0 Å². The van der Waals surface area contributed by atoms with E-state index >= 15 is 0 Å². The van der Waals surface area contributed by atoms with Crippen LogP contribution in [-0.2, 0) is 13.8 Å². The second kappa shape index (κ2) is 9.39. The molecule has 1 aromatic heterocycles. The van der Waals surface area contributed by atoms with Crippen LogP contribution in [0.25, 0.3) is 0 Å². The number of ether oxygens (including phenoxy) is 1. The molecule has 1 aliphatic rings. The van der Waals surface area contributed by atoms with Crippen LogP contribution in [0.3, 0.4) is 0 Å². The Hall–Kier alpha value is 0.670. The van der Waals surface area contributed by atoms with Crippen molar-refractivity contribution >= 4 is 72.8 Å². The van der Waals surface area contributed by atoms with Gasteiger partial charge in [0.1, 0.15) is 30.2 Å². The molecular weight excluding hydrogens is 355 g/mol. The summed E-state index contributed by atoms with van der Waals surface area (Å²) in [6.07, 6.45) is -5.72. The molecule has 1 fully saturated rings. The Balaban J connectivity index is 0.00000242. The van der Waals surface area contributed by atoms with Crippen molar-refractivity contribution in [2.45, 2.75) is 24.4 Å². The van der Waals surface area contributed by atoms with Gasteiger partial charge in [-0.15, -0.1) is 0 Å². The minimum absolute atomic E-state index is 0. The van der Waals surface area contributed by atoms with E-state index in [1.165, 1.54) is 6.07 Å². The molecule has 1 aliphatic heterocycles. The Morgan fingerprint density at radius 3 is 2.57 bits per heavy atom. The molecule has 1 saturated heterocycles. The molecule has 120 valence electrons. The van der Waals surface area contributed by atoms with Crippen molar-refractivity contribution in [3.05, 3.63) is 22.2 Å². The number of nitrogen functional groups attached to an aromatic ring is 1. The first-order valence-corrected chi connectivity index (χ1v) is 7.19. The summed E-state index contributed by atoms with van der Waals surface area (Å²) in [7, 11) is -5.40. The average molecular weight is 367 g/mol. The van der Waals surface area contributed by atoms with Crippen molar-refractivity contribution in [3.63, 3.8) is 0 Å². The molecule has 0 spiro atoms. The number of nitrogens with one attached hydrogen (secondary N) is 1. The molecule has 0 aromatic carbocycles. The molecule has 1 aromatic rings. The van der Waals surface area contributed by atoms with Crippen LogP contribution in [0.1, 0.15) is 11.8 Å². The Kier molecular flexibility index (Phi) is 9.66. The summed E-state index contributed by atoms with van der Waals surface area (Å²) in [6.45, 7) is -0.705. The molecule has 2 rings (SSSR count). The van der Waals surface area contributed by atoms with Crippen molar-refractivity contribution in [2.75, 3.05) is 12.3 Å². The van der Waals surface area contributed by atoms with E-state index < -0.39 is 44.5 Å². The topological polar surface area (TPSA) is 194 Å². The summed E-state index contributed by atoms with van der Waals surface area (Å²) < 4.78 is 20.1. The number of aliphatic hydroxyl groups excluding tert-OH is 2. The fraction of sp³-hybridized carbons (Fsp3) is 0.556. The first kappa shape index (κ1) is 23.7. The number of rotatable bonds is 4. The number of phosphoric ester groups is 1. The third-order valence-electron chi connectivity index (χ3n) is 2.86. The average Bonchev–Trinajstić information content (AvgIpc) is 2.63. The number of aromatic amines is 1. The van der Waals surface area contributed by atoms with Gasteiger partial charge in [-0.05, 0) is 0 Å². The number of nitrogens with two attached hydrogens (primary N) is 1. The number of anilines is 1. The van der Waals surface area contributed by atoms with E-state index in [-0.39, 0.29) is 70.6 Å². The van der Waals surface area contributed by atoms with Crippen LogP contribution in [0.15, 0.2) is 10.9 Å². The molecule has 0 saturated carbocycles. The van der Waals surface area contributed by atoms with Crippen LogP contribution in [-0.4, -0.2) is 104 Å². The fourth-order valence-corrected chi connectivity index (χ4v) is 2.63. The van der Waals surface area contributed by atoms with Gasteiger partial charge in [0.05, 0.1) is 20.1 Å². The van der Waals surface area contributed by atoms with E-state index in [9.17, 15) is 24.3 Å². The van der Waals surface area contributed by atoms with Gasteiger partial charge in [-0.2, -0.15) is 4.98 Å². The SMILES string of the molecule is Nc1cc([C@@H]2O[C@H](CO)[C@@H](OP(=O)([O-])[O-])[C@H]2O)[nH]c(=O)n1.[Na].[Na]. The van der Waals surface area contributed by atoms with Crippen molar-refractivity contribution < 1.29 is 33.8 Å². The van der Waals surface area contributed by atoms with Gasteiger partial charge >= 0.3 is 5.69 Å². The van der Waals surface area contributed by atoms with E-state index in [2.05, 4.69) is 14.5 Å². The normalized spacial score (nSPS) is 27.1. The summed E-state index contributed by atoms with van der Waals surface area (Å²) in [5, 5.41) is 19.1. The second-order valence-electron chi connectivity index (χ2n) is 4.35. The zero-order chi connectivity index (χ0) is 15.8. The summed E-state index contributed by atoms with van der Waals surface area (Å²) in [5.41, 5.74) is 4.59. The monoisotopic (exact) mass is 367 g/mol. The third-order valence-corrected chi connectivity index (χ3v) is 3.36. The molecule has 2 heterocycles. The molecule has 0 amide bonds. The van der Waals surface area contributed by atoms with Gasteiger partial charge in [0.15, 0.2) is 0 Å². The number of aromatic nitrogens is 2. The van der Waals surface area contributed by atoms with Gasteiger partial charge in [-0.3, -0.25) is 0 Å². The van der Waals surface area contributed by atoms with Gasteiger partial charge in [0.25, 0.3) is 0 Å². The van der Waals surface area contributed by atoms with Crippen LogP contribution in [0, 0.1) is 0 Å². The summed E-state index contributed by atoms with van der Waals surface area (Å²) in [5.74, 6) is -0.146. The van der Waals surface area contributed by atoms with Crippen molar-refractivity contribution in [2.24, 2.45) is 0 Å². The molecule has 14 heteroatoms. The minimum atomic E-state index is -5.40. The summed E-state index contributed by atoms with van der Waals surface area (Å²) in [4.78, 5) is 38.2. The minimum Gasteiger partial charge on any atom is -0.790 e. The molecule has 2 radical (unpaired) electrons. The predicted molar refractivity (Wildman–Crippen MR) is 74.0 cm³/mol. The number of phosphoric acid groups is 1. The summed E-state index contributed by atoms with van der Waals surface area (Å²) >= 11 is 0. The van der Waals surface area contributed by atoms with E-state index in [0.717, 1.165) is 0 Å². The van der Waals surface area contributed by atoms with E-state index in [1.54, 1.807) is 0 Å². The van der Waals surface area contributed by atoms with Gasteiger partial charge in [0.2, 0.25) is 0 Å². The Bertz CT molecular complexity index is 625. The Labute approximate surface area is 174 Å². The standard InChI is InChI=1S/C9H14N3O8P.2Na/c10-5-1-3(11-9(15)12-5)7-6(14)8(4(2-13)19-7)20-21(16,17)18;;/h1,4,6-8,13-14H,2H2,(H2,16,17,18)(H3,10,11,12,15);;/p-2/t4-,6+,7+,8-;;/m1../s1. The van der Waals surface area contributed by atoms with E-state index in [0.29, 0.717) is 0 Å². The van der Waals surface area contributed by atoms with Crippen LogP contribution in [0.2, 0.25) is 0 Å². The van der Waals surface area contributed by atoms with Gasteiger partial charge in [0, 0.05) is 65.2 Å². The predicted octanol–water partition coefficient (Wildman–Crippen LogP) is -4.40. The van der Waals surface area contributed by atoms with Crippen LogP contribution < -0.4 is 21.2 Å². The van der Waals surface area contributed by atoms with Crippen molar-refractivity contribution in [3.8, 4) is 0 Å². The largest absolute Gasteiger partial charge is 0.790 e. The van der Waals surface area contributed by atoms with Gasteiger partial charge in [-0.1, -0.05) is 0 Å². The smallest absolute Gasteiger partial charge is 0.347 e. The molecule has 4 atom stereocenters. The Morgan fingerprint density at radius 1 is 1.48 bits per heavy atom. The molecule has 0 aliphatic carbocycles. The maximum absolute atomic E-state index is 11.2. The van der Waals surface area contributed by atoms with Crippen molar-refractivity contribution in [1.82, 2.24) is 9.97 Å². The first-order valence-electron chi connectivity index (χ1n) is 5.73. The second-order valence-corrected chi connectivity index (χ2v) is 5.46. The van der Waals surface area contributed by atoms with Gasteiger partial charge < -0.3 is 44.5 Å². The summed E-state index contributed by atoms with van der Waals surface area (Å²) in [6, 6.07) is 1.19. The molecule has 11 nitrogen and oxygen atoms in total. The number of nitrogens with zero attached hydrogens (tertiary/aromatic N) is 1. The quantitative estimate of drug-likeness (QED) is 0.298. The molecule has 5 N–H and O–H groups in total. The van der Waals surface area contributed by atoms with Crippen LogP contribution in [0.4, 0.5) is 5.82 Å². The zero-order valence-corrected chi connectivity index (χ0v) is 17.3.